The standard InChI is InChI=1S/C12H14O4/c1-2-7-16-11-6-4-3-5-9(11)10(13)8-12(14)15/h3-6H,2,7-8H2,1H3,(H,14,15). The molecule has 0 aliphatic carbocycles. The summed E-state index contributed by atoms with van der Waals surface area (Å²) < 4.78 is 5.38. The number of para-hydroxylation sites is 1. The number of carboxylic acids is 1. The van der Waals surface area contributed by atoms with Crippen LogP contribution >= 0.6 is 0 Å². The van der Waals surface area contributed by atoms with Crippen molar-refractivity contribution in [3.05, 3.63) is 29.8 Å². The Kier molecular flexibility index (Phi) is 4.51. The molecule has 1 aromatic rings. The van der Waals surface area contributed by atoms with Gasteiger partial charge in [0.25, 0.3) is 0 Å². The fourth-order valence-corrected chi connectivity index (χ4v) is 1.27. The Hall–Kier alpha value is -1.84. The second kappa shape index (κ2) is 5.90. The lowest BCUT2D eigenvalue weighted by atomic mass is 10.1. The molecule has 0 fully saturated rings. The summed E-state index contributed by atoms with van der Waals surface area (Å²) in [6, 6.07) is 6.69. The van der Waals surface area contributed by atoms with Crippen LogP contribution in [0.4, 0.5) is 0 Å². The van der Waals surface area contributed by atoms with Gasteiger partial charge in [0.1, 0.15) is 12.2 Å². The molecule has 16 heavy (non-hydrogen) atoms. The average Bonchev–Trinajstić information content (AvgIpc) is 2.25. The van der Waals surface area contributed by atoms with Gasteiger partial charge in [-0.15, -0.1) is 0 Å². The first-order valence-corrected chi connectivity index (χ1v) is 5.12. The van der Waals surface area contributed by atoms with Crippen LogP contribution in [-0.2, 0) is 4.79 Å². The Bertz CT molecular complexity index is 384. The molecule has 0 heterocycles. The number of aliphatic carboxylic acids is 1. The minimum absolute atomic E-state index is 0.332. The smallest absolute Gasteiger partial charge is 0.311 e. The molecule has 4 heteroatoms. The number of hydrogen-bond donors (Lipinski definition) is 1. The van der Waals surface area contributed by atoms with E-state index in [1.807, 2.05) is 6.92 Å². The Labute approximate surface area is 93.9 Å². The average molecular weight is 222 g/mol. The highest BCUT2D eigenvalue weighted by Crippen LogP contribution is 2.19. The first-order chi connectivity index (χ1) is 7.65. The minimum Gasteiger partial charge on any atom is -0.493 e. The first kappa shape index (κ1) is 12.2. The molecule has 0 bridgehead atoms. The van der Waals surface area contributed by atoms with Crippen molar-refractivity contribution in [3.63, 3.8) is 0 Å². The molecule has 0 atom stereocenters. The third-order valence-corrected chi connectivity index (χ3v) is 1.96. The molecule has 0 unspecified atom stereocenters. The van der Waals surface area contributed by atoms with Crippen LogP contribution in [0, 0.1) is 0 Å². The van der Waals surface area contributed by atoms with E-state index in [1.165, 1.54) is 0 Å². The van der Waals surface area contributed by atoms with Crippen molar-refractivity contribution in [3.8, 4) is 5.75 Å². The lowest BCUT2D eigenvalue weighted by molar-refractivity contribution is -0.135. The van der Waals surface area contributed by atoms with E-state index in [2.05, 4.69) is 0 Å². The summed E-state index contributed by atoms with van der Waals surface area (Å²) >= 11 is 0. The Morgan fingerprint density at radius 2 is 2.00 bits per heavy atom. The molecule has 0 spiro atoms. The summed E-state index contributed by atoms with van der Waals surface area (Å²) in [4.78, 5) is 22.0. The van der Waals surface area contributed by atoms with Crippen molar-refractivity contribution in [2.75, 3.05) is 6.61 Å². The molecule has 1 N–H and O–H groups in total. The molecule has 1 rings (SSSR count). The predicted octanol–water partition coefficient (Wildman–Crippen LogP) is 2.13. The zero-order valence-corrected chi connectivity index (χ0v) is 9.10. The van der Waals surface area contributed by atoms with Gasteiger partial charge in [-0.25, -0.2) is 0 Å². The maximum Gasteiger partial charge on any atom is 0.311 e. The van der Waals surface area contributed by atoms with Crippen molar-refractivity contribution in [1.82, 2.24) is 0 Å². The van der Waals surface area contributed by atoms with Gasteiger partial charge in [-0.2, -0.15) is 0 Å². The monoisotopic (exact) mass is 222 g/mol. The van der Waals surface area contributed by atoms with Gasteiger partial charge in [0.15, 0.2) is 5.78 Å². The summed E-state index contributed by atoms with van der Waals surface area (Å²) in [6.07, 6.45) is 0.327. The van der Waals surface area contributed by atoms with Gasteiger partial charge >= 0.3 is 5.97 Å². The second-order valence-electron chi connectivity index (χ2n) is 3.34. The number of ketones is 1. The van der Waals surface area contributed by atoms with Crippen LogP contribution in [0.3, 0.4) is 0 Å². The third-order valence-electron chi connectivity index (χ3n) is 1.96. The Morgan fingerprint density at radius 3 is 2.62 bits per heavy atom. The number of hydrogen-bond acceptors (Lipinski definition) is 3. The minimum atomic E-state index is -1.13. The largest absolute Gasteiger partial charge is 0.493 e. The molecule has 86 valence electrons. The number of benzene rings is 1. The first-order valence-electron chi connectivity index (χ1n) is 5.12. The zero-order chi connectivity index (χ0) is 12.0. The molecular weight excluding hydrogens is 208 g/mol. The van der Waals surface area contributed by atoms with E-state index in [0.29, 0.717) is 17.9 Å². The van der Waals surface area contributed by atoms with Gasteiger partial charge in [0.05, 0.1) is 12.2 Å². The number of rotatable bonds is 6. The third kappa shape index (κ3) is 3.38. The van der Waals surface area contributed by atoms with Gasteiger partial charge in [0, 0.05) is 0 Å². The molecule has 0 aromatic heterocycles. The van der Waals surface area contributed by atoms with Crippen LogP contribution in [0.1, 0.15) is 30.1 Å². The lowest BCUT2D eigenvalue weighted by Crippen LogP contribution is -2.09. The number of carbonyl (C=O) groups is 2. The van der Waals surface area contributed by atoms with Crippen LogP contribution in [0.2, 0.25) is 0 Å². The van der Waals surface area contributed by atoms with Crippen molar-refractivity contribution in [1.29, 1.82) is 0 Å². The van der Waals surface area contributed by atoms with Crippen LogP contribution in [0.15, 0.2) is 24.3 Å². The number of carboxylic acid groups (broad SMARTS) is 1. The molecular formula is C12H14O4. The molecule has 1 aromatic carbocycles. The molecule has 0 saturated carbocycles. The van der Waals surface area contributed by atoms with E-state index in [0.717, 1.165) is 6.42 Å². The van der Waals surface area contributed by atoms with Gasteiger partial charge in [0.2, 0.25) is 0 Å². The highest BCUT2D eigenvalue weighted by molar-refractivity contribution is 6.07. The zero-order valence-electron chi connectivity index (χ0n) is 9.10. The van der Waals surface area contributed by atoms with Crippen molar-refractivity contribution in [2.45, 2.75) is 19.8 Å². The highest BCUT2D eigenvalue weighted by Gasteiger charge is 2.14. The fraction of sp³-hybridized carbons (Fsp3) is 0.333. The molecule has 0 amide bonds. The van der Waals surface area contributed by atoms with Crippen LogP contribution < -0.4 is 4.74 Å². The second-order valence-corrected chi connectivity index (χ2v) is 3.34. The maximum absolute atomic E-state index is 11.6. The molecule has 0 aliphatic heterocycles. The lowest BCUT2D eigenvalue weighted by Gasteiger charge is -2.08. The normalized spacial score (nSPS) is 9.81. The van der Waals surface area contributed by atoms with Crippen LogP contribution in [-0.4, -0.2) is 23.5 Å². The molecule has 0 saturated heterocycles. The topological polar surface area (TPSA) is 63.6 Å². The number of ether oxygens (including phenoxy) is 1. The summed E-state index contributed by atoms with van der Waals surface area (Å²) in [5.74, 6) is -1.11. The fourth-order valence-electron chi connectivity index (χ4n) is 1.27. The number of Topliss-reactive ketones (excluding diaryl/α,β-unsaturated/α-hetero) is 1. The van der Waals surface area contributed by atoms with Crippen molar-refractivity contribution in [2.24, 2.45) is 0 Å². The summed E-state index contributed by atoms with van der Waals surface area (Å²) in [7, 11) is 0. The van der Waals surface area contributed by atoms with E-state index in [4.69, 9.17) is 9.84 Å². The summed E-state index contributed by atoms with van der Waals surface area (Å²) in [6.45, 7) is 2.47. The molecule has 4 nitrogen and oxygen atoms in total. The van der Waals surface area contributed by atoms with Crippen molar-refractivity contribution < 1.29 is 19.4 Å². The van der Waals surface area contributed by atoms with Gasteiger partial charge in [-0.05, 0) is 18.6 Å². The van der Waals surface area contributed by atoms with Crippen molar-refractivity contribution >= 4 is 11.8 Å². The Morgan fingerprint density at radius 1 is 1.31 bits per heavy atom. The van der Waals surface area contributed by atoms with Crippen LogP contribution in [0.5, 0.6) is 5.75 Å². The molecule has 0 aliphatic rings. The summed E-state index contributed by atoms with van der Waals surface area (Å²) in [5.41, 5.74) is 0.332. The van der Waals surface area contributed by atoms with E-state index >= 15 is 0 Å². The Balaban J connectivity index is 2.85. The molecule has 0 radical (unpaired) electrons. The van der Waals surface area contributed by atoms with E-state index in [1.54, 1.807) is 24.3 Å². The predicted molar refractivity (Wildman–Crippen MR) is 58.8 cm³/mol. The quantitative estimate of drug-likeness (QED) is 0.591. The van der Waals surface area contributed by atoms with E-state index in [9.17, 15) is 9.59 Å². The highest BCUT2D eigenvalue weighted by atomic mass is 16.5. The maximum atomic E-state index is 11.6. The van der Waals surface area contributed by atoms with Gasteiger partial charge in [-0.3, -0.25) is 9.59 Å². The number of carbonyl (C=O) groups excluding carboxylic acids is 1. The van der Waals surface area contributed by atoms with Crippen LogP contribution in [0.25, 0.3) is 0 Å². The summed E-state index contributed by atoms with van der Waals surface area (Å²) in [5, 5.41) is 8.55. The van der Waals surface area contributed by atoms with Gasteiger partial charge < -0.3 is 9.84 Å². The SMILES string of the molecule is CCCOc1ccccc1C(=O)CC(=O)O. The van der Waals surface area contributed by atoms with E-state index < -0.39 is 18.2 Å². The van der Waals surface area contributed by atoms with E-state index in [-0.39, 0.29) is 0 Å². The van der Waals surface area contributed by atoms with Gasteiger partial charge in [-0.1, -0.05) is 19.1 Å².